The number of carbonyl (C=O) groups excluding carboxylic acids is 2. The molecular formula is C20H22BrNO4. The molecule has 0 radical (unpaired) electrons. The maximum Gasteiger partial charge on any atom is 0.338 e. The van der Waals surface area contributed by atoms with Gasteiger partial charge in [-0.15, -0.1) is 0 Å². The number of aryl methyl sites for hydroxylation is 1. The Labute approximate surface area is 161 Å². The SMILES string of the molecule is CCCCOC(=O)c1ccc(NC(=O)c2cc(Br)cc(C)c2OC)cc1. The topological polar surface area (TPSA) is 64.6 Å². The molecule has 5 nitrogen and oxygen atoms in total. The highest BCUT2D eigenvalue weighted by atomic mass is 79.9. The number of ether oxygens (including phenoxy) is 2. The minimum absolute atomic E-state index is 0.287. The Morgan fingerprint density at radius 1 is 1.15 bits per heavy atom. The number of hydrogen-bond acceptors (Lipinski definition) is 4. The van der Waals surface area contributed by atoms with E-state index in [1.54, 1.807) is 30.3 Å². The lowest BCUT2D eigenvalue weighted by molar-refractivity contribution is 0.0499. The molecule has 0 spiro atoms. The fourth-order valence-electron chi connectivity index (χ4n) is 2.45. The lowest BCUT2D eigenvalue weighted by atomic mass is 10.1. The molecule has 0 aliphatic rings. The number of hydrogen-bond donors (Lipinski definition) is 1. The van der Waals surface area contributed by atoms with Gasteiger partial charge in [0.25, 0.3) is 5.91 Å². The molecule has 2 rings (SSSR count). The third-order valence-corrected chi connectivity index (χ3v) is 4.26. The van der Waals surface area contributed by atoms with Crippen LogP contribution in [0.4, 0.5) is 5.69 Å². The van der Waals surface area contributed by atoms with E-state index in [2.05, 4.69) is 21.2 Å². The number of halogens is 1. The summed E-state index contributed by atoms with van der Waals surface area (Å²) in [6.45, 7) is 4.32. The number of carbonyl (C=O) groups is 2. The fraction of sp³-hybridized carbons (Fsp3) is 0.300. The molecule has 0 aromatic heterocycles. The summed E-state index contributed by atoms with van der Waals surface area (Å²) >= 11 is 3.39. The van der Waals surface area contributed by atoms with Crippen LogP contribution < -0.4 is 10.1 Å². The smallest absolute Gasteiger partial charge is 0.338 e. The van der Waals surface area contributed by atoms with Crippen molar-refractivity contribution in [3.8, 4) is 5.75 Å². The molecule has 0 atom stereocenters. The van der Waals surface area contributed by atoms with E-state index in [0.717, 1.165) is 22.9 Å². The first-order chi connectivity index (χ1) is 12.5. The zero-order valence-electron chi connectivity index (χ0n) is 15.1. The van der Waals surface area contributed by atoms with Gasteiger partial charge in [-0.2, -0.15) is 0 Å². The summed E-state index contributed by atoms with van der Waals surface area (Å²) in [5.74, 6) is -0.119. The Morgan fingerprint density at radius 3 is 2.46 bits per heavy atom. The van der Waals surface area contributed by atoms with Crippen LogP contribution in [0.5, 0.6) is 5.75 Å². The summed E-state index contributed by atoms with van der Waals surface area (Å²) in [5, 5.41) is 2.81. The van der Waals surface area contributed by atoms with Crippen LogP contribution >= 0.6 is 15.9 Å². The van der Waals surface area contributed by atoms with Gasteiger partial charge in [0.05, 0.1) is 24.8 Å². The molecule has 2 aromatic rings. The van der Waals surface area contributed by atoms with Crippen LogP contribution in [0.2, 0.25) is 0 Å². The summed E-state index contributed by atoms with van der Waals surface area (Å²) < 4.78 is 11.3. The Hall–Kier alpha value is -2.34. The molecule has 1 amide bonds. The van der Waals surface area contributed by atoms with Crippen LogP contribution in [-0.2, 0) is 4.74 Å². The van der Waals surface area contributed by atoms with Crippen molar-refractivity contribution in [3.63, 3.8) is 0 Å². The van der Waals surface area contributed by atoms with Gasteiger partial charge in [-0.05, 0) is 55.3 Å². The molecule has 0 fully saturated rings. The second-order valence-electron chi connectivity index (χ2n) is 5.82. The quantitative estimate of drug-likeness (QED) is 0.507. The highest BCUT2D eigenvalue weighted by molar-refractivity contribution is 9.10. The van der Waals surface area contributed by atoms with Crippen molar-refractivity contribution in [2.75, 3.05) is 19.0 Å². The average Bonchev–Trinajstić information content (AvgIpc) is 2.61. The first kappa shape index (κ1) is 20.0. The Kier molecular flexibility index (Phi) is 7.21. The molecule has 0 aliphatic carbocycles. The van der Waals surface area contributed by atoms with Crippen LogP contribution in [0.1, 0.15) is 46.0 Å². The van der Waals surface area contributed by atoms with Gasteiger partial charge in [-0.3, -0.25) is 4.79 Å². The van der Waals surface area contributed by atoms with E-state index in [1.807, 2.05) is 19.9 Å². The Balaban J connectivity index is 2.10. The van der Waals surface area contributed by atoms with Crippen LogP contribution in [0, 0.1) is 6.92 Å². The predicted molar refractivity (Wildman–Crippen MR) is 105 cm³/mol. The van der Waals surface area contributed by atoms with Crippen LogP contribution in [0.25, 0.3) is 0 Å². The largest absolute Gasteiger partial charge is 0.496 e. The second kappa shape index (κ2) is 9.38. The van der Waals surface area contributed by atoms with Crippen molar-refractivity contribution in [2.24, 2.45) is 0 Å². The van der Waals surface area contributed by atoms with Gasteiger partial charge in [0.15, 0.2) is 0 Å². The van der Waals surface area contributed by atoms with E-state index < -0.39 is 0 Å². The molecule has 0 bridgehead atoms. The van der Waals surface area contributed by atoms with Crippen LogP contribution in [-0.4, -0.2) is 25.6 Å². The van der Waals surface area contributed by atoms with E-state index in [-0.39, 0.29) is 11.9 Å². The lowest BCUT2D eigenvalue weighted by Crippen LogP contribution is -2.14. The van der Waals surface area contributed by atoms with Crippen molar-refractivity contribution in [2.45, 2.75) is 26.7 Å². The fourth-order valence-corrected chi connectivity index (χ4v) is 3.02. The van der Waals surface area contributed by atoms with Gasteiger partial charge in [0.2, 0.25) is 0 Å². The number of methoxy groups -OCH3 is 1. The number of amides is 1. The first-order valence-electron chi connectivity index (χ1n) is 8.39. The molecule has 0 heterocycles. The van der Waals surface area contributed by atoms with E-state index in [0.29, 0.717) is 29.2 Å². The number of rotatable bonds is 7. The monoisotopic (exact) mass is 419 g/mol. The van der Waals surface area contributed by atoms with Gasteiger partial charge < -0.3 is 14.8 Å². The molecular weight excluding hydrogens is 398 g/mol. The van der Waals surface area contributed by atoms with Gasteiger partial charge >= 0.3 is 5.97 Å². The maximum atomic E-state index is 12.6. The predicted octanol–water partition coefficient (Wildman–Crippen LogP) is 4.98. The zero-order valence-corrected chi connectivity index (χ0v) is 16.7. The molecule has 0 aliphatic heterocycles. The minimum atomic E-state index is -0.361. The summed E-state index contributed by atoms with van der Waals surface area (Å²) in [5.41, 5.74) is 2.33. The summed E-state index contributed by atoms with van der Waals surface area (Å²) in [6, 6.07) is 10.2. The summed E-state index contributed by atoms with van der Waals surface area (Å²) in [6.07, 6.45) is 1.81. The minimum Gasteiger partial charge on any atom is -0.496 e. The average molecular weight is 420 g/mol. The number of anilines is 1. The van der Waals surface area contributed by atoms with Gasteiger partial charge in [0.1, 0.15) is 5.75 Å². The van der Waals surface area contributed by atoms with Crippen LogP contribution in [0.3, 0.4) is 0 Å². The standard InChI is InChI=1S/C20H22BrNO4/c1-4-5-10-26-20(24)14-6-8-16(9-7-14)22-19(23)17-12-15(21)11-13(2)18(17)25-3/h6-9,11-12H,4-5,10H2,1-3H3,(H,22,23). The molecule has 2 aromatic carbocycles. The summed E-state index contributed by atoms with van der Waals surface area (Å²) in [7, 11) is 1.53. The van der Waals surface area contributed by atoms with Gasteiger partial charge in [-0.25, -0.2) is 4.79 Å². The number of benzene rings is 2. The highest BCUT2D eigenvalue weighted by Crippen LogP contribution is 2.28. The number of unbranched alkanes of at least 4 members (excludes halogenated alkanes) is 1. The van der Waals surface area contributed by atoms with E-state index in [1.165, 1.54) is 7.11 Å². The van der Waals surface area contributed by atoms with E-state index in [4.69, 9.17) is 9.47 Å². The zero-order chi connectivity index (χ0) is 19.1. The van der Waals surface area contributed by atoms with Gasteiger partial charge in [-0.1, -0.05) is 29.3 Å². The Bertz CT molecular complexity index is 787. The third-order valence-electron chi connectivity index (χ3n) is 3.80. The summed E-state index contributed by atoms with van der Waals surface area (Å²) in [4.78, 5) is 24.5. The number of esters is 1. The molecule has 26 heavy (non-hydrogen) atoms. The normalized spacial score (nSPS) is 10.3. The molecule has 6 heteroatoms. The first-order valence-corrected chi connectivity index (χ1v) is 9.18. The van der Waals surface area contributed by atoms with Crippen molar-refractivity contribution < 1.29 is 19.1 Å². The molecule has 0 unspecified atom stereocenters. The molecule has 0 saturated carbocycles. The van der Waals surface area contributed by atoms with Crippen molar-refractivity contribution in [1.29, 1.82) is 0 Å². The maximum absolute atomic E-state index is 12.6. The third kappa shape index (κ3) is 5.08. The molecule has 1 N–H and O–H groups in total. The van der Waals surface area contributed by atoms with Crippen molar-refractivity contribution >= 4 is 33.5 Å². The second-order valence-corrected chi connectivity index (χ2v) is 6.74. The van der Waals surface area contributed by atoms with Crippen LogP contribution in [0.15, 0.2) is 40.9 Å². The molecule has 138 valence electrons. The van der Waals surface area contributed by atoms with Crippen molar-refractivity contribution in [1.82, 2.24) is 0 Å². The number of nitrogens with one attached hydrogen (secondary N) is 1. The van der Waals surface area contributed by atoms with E-state index >= 15 is 0 Å². The van der Waals surface area contributed by atoms with Crippen molar-refractivity contribution in [3.05, 3.63) is 57.6 Å². The molecule has 0 saturated heterocycles. The highest BCUT2D eigenvalue weighted by Gasteiger charge is 2.16. The Morgan fingerprint density at radius 2 is 1.85 bits per heavy atom. The van der Waals surface area contributed by atoms with E-state index in [9.17, 15) is 9.59 Å². The van der Waals surface area contributed by atoms with Gasteiger partial charge in [0, 0.05) is 10.2 Å². The lowest BCUT2D eigenvalue weighted by Gasteiger charge is -2.13.